The summed E-state index contributed by atoms with van der Waals surface area (Å²) in [6.07, 6.45) is 1.05. The van der Waals surface area contributed by atoms with Crippen molar-refractivity contribution in [3.63, 3.8) is 0 Å². The normalized spacial score (nSPS) is 20.2. The van der Waals surface area contributed by atoms with E-state index in [1.807, 2.05) is 56.1 Å². The molecule has 0 saturated carbocycles. The molecule has 0 aliphatic carbocycles. The Morgan fingerprint density at radius 3 is 2.56 bits per heavy atom. The second kappa shape index (κ2) is 5.11. The average molecular weight is 246 g/mol. The van der Waals surface area contributed by atoms with Gasteiger partial charge in [0.25, 0.3) is 0 Å². The zero-order valence-corrected chi connectivity index (χ0v) is 11.4. The Morgan fingerprint density at radius 1 is 1.33 bits per heavy atom. The third-order valence-electron chi connectivity index (χ3n) is 3.91. The highest BCUT2D eigenvalue weighted by Gasteiger charge is 2.36. The molecule has 1 heterocycles. The molecule has 1 atom stereocenters. The van der Waals surface area contributed by atoms with Crippen LogP contribution in [0.1, 0.15) is 25.8 Å². The summed E-state index contributed by atoms with van der Waals surface area (Å²) in [7, 11) is 1.96. The minimum atomic E-state index is -0.441. The fraction of sp³-hybridized carbons (Fsp3) is 0.533. The first-order valence-corrected chi connectivity index (χ1v) is 6.58. The molecule has 2 rings (SSSR count). The minimum absolute atomic E-state index is 0.228. The second-order valence-corrected chi connectivity index (χ2v) is 5.52. The third-order valence-corrected chi connectivity index (χ3v) is 3.91. The van der Waals surface area contributed by atoms with Crippen LogP contribution in [0.4, 0.5) is 0 Å². The number of likely N-dealkylation sites (N-methyl/N-ethyl adjacent to an activating group) is 1. The number of rotatable bonds is 3. The molecule has 0 spiro atoms. The van der Waals surface area contributed by atoms with Crippen molar-refractivity contribution in [1.82, 2.24) is 10.2 Å². The molecule has 1 unspecified atom stereocenters. The highest BCUT2D eigenvalue weighted by atomic mass is 16.2. The molecule has 98 valence electrons. The number of nitrogens with zero attached hydrogens (tertiary/aromatic N) is 1. The minimum Gasteiger partial charge on any atom is -0.340 e. The molecule has 1 aliphatic rings. The number of benzene rings is 1. The van der Waals surface area contributed by atoms with Crippen molar-refractivity contribution in [1.29, 1.82) is 0 Å². The van der Waals surface area contributed by atoms with Crippen LogP contribution in [-0.4, -0.2) is 37.0 Å². The Balaban J connectivity index is 2.13. The van der Waals surface area contributed by atoms with E-state index in [0.717, 1.165) is 25.1 Å². The van der Waals surface area contributed by atoms with E-state index in [1.165, 1.54) is 0 Å². The summed E-state index contributed by atoms with van der Waals surface area (Å²) in [6.45, 7) is 5.71. The van der Waals surface area contributed by atoms with E-state index >= 15 is 0 Å². The first-order chi connectivity index (χ1) is 8.55. The summed E-state index contributed by atoms with van der Waals surface area (Å²) >= 11 is 0. The maximum absolute atomic E-state index is 12.6. The van der Waals surface area contributed by atoms with Crippen LogP contribution in [-0.2, 0) is 10.2 Å². The molecule has 0 bridgehead atoms. The molecule has 3 heteroatoms. The molecular formula is C15H22N2O. The molecule has 3 nitrogen and oxygen atoms in total. The highest BCUT2D eigenvalue weighted by molar-refractivity contribution is 5.87. The van der Waals surface area contributed by atoms with Gasteiger partial charge in [-0.3, -0.25) is 4.79 Å². The fourth-order valence-corrected chi connectivity index (χ4v) is 2.55. The van der Waals surface area contributed by atoms with Gasteiger partial charge in [-0.1, -0.05) is 30.3 Å². The quantitative estimate of drug-likeness (QED) is 0.882. The summed E-state index contributed by atoms with van der Waals surface area (Å²) in [5.41, 5.74) is 0.645. The fourth-order valence-electron chi connectivity index (χ4n) is 2.55. The van der Waals surface area contributed by atoms with Crippen LogP contribution >= 0.6 is 0 Å². The van der Waals surface area contributed by atoms with Gasteiger partial charge in [0.15, 0.2) is 0 Å². The first kappa shape index (κ1) is 13.1. The third kappa shape index (κ3) is 2.41. The Labute approximate surface area is 109 Å². The van der Waals surface area contributed by atoms with Crippen LogP contribution in [0.2, 0.25) is 0 Å². The van der Waals surface area contributed by atoms with Gasteiger partial charge in [0, 0.05) is 19.1 Å². The molecule has 1 amide bonds. The molecule has 1 aromatic carbocycles. The predicted octanol–water partition coefficient (Wildman–Crippen LogP) is 1.78. The summed E-state index contributed by atoms with van der Waals surface area (Å²) in [4.78, 5) is 14.6. The average Bonchev–Trinajstić information content (AvgIpc) is 2.87. The number of hydrogen-bond acceptors (Lipinski definition) is 2. The van der Waals surface area contributed by atoms with Crippen LogP contribution in [0.3, 0.4) is 0 Å². The van der Waals surface area contributed by atoms with E-state index in [4.69, 9.17) is 0 Å². The number of hydrogen-bond donors (Lipinski definition) is 1. The van der Waals surface area contributed by atoms with Crippen molar-refractivity contribution in [2.45, 2.75) is 31.7 Å². The number of amides is 1. The van der Waals surface area contributed by atoms with Gasteiger partial charge in [0.1, 0.15) is 0 Å². The van der Waals surface area contributed by atoms with Crippen LogP contribution < -0.4 is 5.32 Å². The van der Waals surface area contributed by atoms with Gasteiger partial charge in [-0.25, -0.2) is 0 Å². The molecule has 1 N–H and O–H groups in total. The van der Waals surface area contributed by atoms with Crippen molar-refractivity contribution in [2.75, 3.05) is 20.1 Å². The summed E-state index contributed by atoms with van der Waals surface area (Å²) in [5, 5.41) is 3.25. The summed E-state index contributed by atoms with van der Waals surface area (Å²) in [6, 6.07) is 10.5. The molecule has 1 saturated heterocycles. The summed E-state index contributed by atoms with van der Waals surface area (Å²) < 4.78 is 0. The zero-order valence-electron chi connectivity index (χ0n) is 11.4. The largest absolute Gasteiger partial charge is 0.340 e. The zero-order chi connectivity index (χ0) is 13.2. The van der Waals surface area contributed by atoms with Crippen molar-refractivity contribution >= 4 is 5.91 Å². The highest BCUT2D eigenvalue weighted by Crippen LogP contribution is 2.27. The Bertz CT molecular complexity index is 414. The monoisotopic (exact) mass is 246 g/mol. The lowest BCUT2D eigenvalue weighted by Gasteiger charge is -2.29. The van der Waals surface area contributed by atoms with Crippen molar-refractivity contribution in [3.8, 4) is 0 Å². The number of likely N-dealkylation sites (tertiary alicyclic amines) is 1. The van der Waals surface area contributed by atoms with E-state index in [1.54, 1.807) is 0 Å². The topological polar surface area (TPSA) is 32.3 Å². The lowest BCUT2D eigenvalue weighted by atomic mass is 9.83. The maximum Gasteiger partial charge on any atom is 0.232 e. The van der Waals surface area contributed by atoms with Gasteiger partial charge in [-0.2, -0.15) is 0 Å². The van der Waals surface area contributed by atoms with Gasteiger partial charge in [-0.15, -0.1) is 0 Å². The molecule has 0 radical (unpaired) electrons. The predicted molar refractivity (Wildman–Crippen MR) is 73.5 cm³/mol. The Morgan fingerprint density at radius 2 is 2.00 bits per heavy atom. The van der Waals surface area contributed by atoms with Crippen molar-refractivity contribution in [3.05, 3.63) is 35.9 Å². The van der Waals surface area contributed by atoms with Crippen molar-refractivity contribution < 1.29 is 4.79 Å². The standard InChI is InChI=1S/C15H22N2O/c1-15(2,12-7-5-4-6-8-12)14(18)17-10-9-13(11-17)16-3/h4-8,13,16H,9-11H2,1-3H3. The van der Waals surface area contributed by atoms with Gasteiger partial charge < -0.3 is 10.2 Å². The number of nitrogens with one attached hydrogen (secondary N) is 1. The van der Waals surface area contributed by atoms with E-state index in [-0.39, 0.29) is 5.91 Å². The lowest BCUT2D eigenvalue weighted by molar-refractivity contribution is -0.135. The lowest BCUT2D eigenvalue weighted by Crippen LogP contribution is -2.43. The number of carbonyl (C=O) groups is 1. The summed E-state index contributed by atoms with van der Waals surface area (Å²) in [5.74, 6) is 0.228. The van der Waals surface area contributed by atoms with E-state index in [0.29, 0.717) is 6.04 Å². The smallest absolute Gasteiger partial charge is 0.232 e. The Kier molecular flexibility index (Phi) is 3.71. The molecule has 1 fully saturated rings. The molecule has 1 aromatic rings. The van der Waals surface area contributed by atoms with Gasteiger partial charge in [0.05, 0.1) is 5.41 Å². The van der Waals surface area contributed by atoms with Crippen LogP contribution in [0.25, 0.3) is 0 Å². The molecular weight excluding hydrogens is 224 g/mol. The van der Waals surface area contributed by atoms with Crippen LogP contribution in [0.5, 0.6) is 0 Å². The van der Waals surface area contributed by atoms with E-state index < -0.39 is 5.41 Å². The Hall–Kier alpha value is -1.35. The van der Waals surface area contributed by atoms with Gasteiger partial charge >= 0.3 is 0 Å². The first-order valence-electron chi connectivity index (χ1n) is 6.58. The van der Waals surface area contributed by atoms with Crippen LogP contribution in [0, 0.1) is 0 Å². The molecule has 18 heavy (non-hydrogen) atoms. The molecule has 1 aliphatic heterocycles. The van der Waals surface area contributed by atoms with Crippen molar-refractivity contribution in [2.24, 2.45) is 0 Å². The van der Waals surface area contributed by atoms with Crippen LogP contribution in [0.15, 0.2) is 30.3 Å². The van der Waals surface area contributed by atoms with E-state index in [2.05, 4.69) is 5.32 Å². The maximum atomic E-state index is 12.6. The van der Waals surface area contributed by atoms with Gasteiger partial charge in [-0.05, 0) is 32.9 Å². The molecule has 0 aromatic heterocycles. The second-order valence-electron chi connectivity index (χ2n) is 5.52. The SMILES string of the molecule is CNC1CCN(C(=O)C(C)(C)c2ccccc2)C1. The van der Waals surface area contributed by atoms with E-state index in [9.17, 15) is 4.79 Å². The van der Waals surface area contributed by atoms with Gasteiger partial charge in [0.2, 0.25) is 5.91 Å². The number of carbonyl (C=O) groups excluding carboxylic acids is 1.